The largest absolute Gasteiger partial charge is 0.467 e. The van der Waals surface area contributed by atoms with Crippen molar-refractivity contribution < 1.29 is 8.83 Å². The number of furan rings is 2. The van der Waals surface area contributed by atoms with Crippen LogP contribution in [0.3, 0.4) is 0 Å². The monoisotopic (exact) mass is 296 g/mol. The van der Waals surface area contributed by atoms with E-state index in [2.05, 4.69) is 21.9 Å². The molecule has 0 unspecified atom stereocenters. The van der Waals surface area contributed by atoms with E-state index in [-0.39, 0.29) is 12.1 Å². The molecule has 1 aliphatic rings. The van der Waals surface area contributed by atoms with Crippen molar-refractivity contribution in [1.82, 2.24) is 9.80 Å². The summed E-state index contributed by atoms with van der Waals surface area (Å²) in [5.74, 6) is 1.33. The van der Waals surface area contributed by atoms with E-state index in [1.165, 1.54) is 0 Å². The number of hydrogen-bond acceptors (Lipinski definition) is 6. The number of rotatable bonds is 4. The van der Waals surface area contributed by atoms with Crippen LogP contribution in [0.4, 0.5) is 0 Å². The number of nitrogens with zero attached hydrogens (tertiary/aromatic N) is 4. The van der Waals surface area contributed by atoms with Crippen LogP contribution >= 0.6 is 0 Å². The van der Waals surface area contributed by atoms with E-state index in [9.17, 15) is 10.5 Å². The molecular weight excluding hydrogens is 280 g/mol. The first-order valence-corrected chi connectivity index (χ1v) is 7.17. The second kappa shape index (κ2) is 6.48. The van der Waals surface area contributed by atoms with Gasteiger partial charge in [-0.2, -0.15) is 10.5 Å². The maximum atomic E-state index is 9.39. The summed E-state index contributed by atoms with van der Waals surface area (Å²) in [6.07, 6.45) is 3.16. The van der Waals surface area contributed by atoms with Crippen molar-refractivity contribution in [3.05, 3.63) is 48.3 Å². The smallest absolute Gasteiger partial charge is 0.156 e. The third kappa shape index (κ3) is 2.75. The standard InChI is InChI=1S/C16H16N4O2/c17-11-13(15-3-1-9-21-15)19-5-7-20(8-6-19)14(12-18)16-4-2-10-22-16/h1-4,9-10,13-14H,5-8H2/t13-,14+. The lowest BCUT2D eigenvalue weighted by Crippen LogP contribution is -2.48. The molecule has 112 valence electrons. The Balaban J connectivity index is 1.65. The maximum absolute atomic E-state index is 9.39. The van der Waals surface area contributed by atoms with E-state index >= 15 is 0 Å². The summed E-state index contributed by atoms with van der Waals surface area (Å²) >= 11 is 0. The van der Waals surface area contributed by atoms with E-state index in [1.807, 2.05) is 12.1 Å². The lowest BCUT2D eigenvalue weighted by Gasteiger charge is -2.37. The Bertz CT molecular complexity index is 598. The minimum Gasteiger partial charge on any atom is -0.467 e. The van der Waals surface area contributed by atoms with Crippen molar-refractivity contribution in [1.29, 1.82) is 10.5 Å². The molecule has 0 spiro atoms. The third-order valence-corrected chi connectivity index (χ3v) is 3.95. The topological polar surface area (TPSA) is 80.3 Å². The van der Waals surface area contributed by atoms with E-state index in [4.69, 9.17) is 8.83 Å². The zero-order valence-electron chi connectivity index (χ0n) is 12.1. The van der Waals surface area contributed by atoms with Crippen molar-refractivity contribution in [2.75, 3.05) is 26.2 Å². The molecule has 3 rings (SSSR count). The highest BCUT2D eigenvalue weighted by molar-refractivity contribution is 5.15. The lowest BCUT2D eigenvalue weighted by atomic mass is 10.1. The highest BCUT2D eigenvalue weighted by Crippen LogP contribution is 2.26. The summed E-state index contributed by atoms with van der Waals surface area (Å²) in [5.41, 5.74) is 0. The normalized spacial score (nSPS) is 19.2. The van der Waals surface area contributed by atoms with Crippen LogP contribution in [-0.2, 0) is 0 Å². The molecule has 6 heteroatoms. The van der Waals surface area contributed by atoms with E-state index in [0.717, 1.165) is 0 Å². The molecule has 0 N–H and O–H groups in total. The van der Waals surface area contributed by atoms with Crippen LogP contribution in [-0.4, -0.2) is 36.0 Å². The van der Waals surface area contributed by atoms with Gasteiger partial charge in [-0.1, -0.05) is 0 Å². The molecule has 1 fully saturated rings. The average molecular weight is 296 g/mol. The van der Waals surface area contributed by atoms with Crippen LogP contribution < -0.4 is 0 Å². The van der Waals surface area contributed by atoms with Crippen LogP contribution in [0.5, 0.6) is 0 Å². The van der Waals surface area contributed by atoms with Gasteiger partial charge in [0.05, 0.1) is 24.7 Å². The summed E-state index contributed by atoms with van der Waals surface area (Å²) in [6, 6.07) is 11.1. The number of hydrogen-bond donors (Lipinski definition) is 0. The van der Waals surface area contributed by atoms with Gasteiger partial charge < -0.3 is 8.83 Å². The molecule has 0 saturated carbocycles. The number of piperazine rings is 1. The highest BCUT2D eigenvalue weighted by Gasteiger charge is 2.31. The molecule has 0 bridgehead atoms. The molecule has 0 aromatic carbocycles. The average Bonchev–Trinajstić information content (AvgIpc) is 3.24. The van der Waals surface area contributed by atoms with Gasteiger partial charge in [0.2, 0.25) is 0 Å². The molecule has 2 atom stereocenters. The van der Waals surface area contributed by atoms with Gasteiger partial charge in [0.1, 0.15) is 11.5 Å². The lowest BCUT2D eigenvalue weighted by molar-refractivity contribution is 0.0857. The van der Waals surface area contributed by atoms with Crippen molar-refractivity contribution in [2.45, 2.75) is 12.1 Å². The summed E-state index contributed by atoms with van der Waals surface area (Å²) in [7, 11) is 0. The Hall–Kier alpha value is -2.54. The third-order valence-electron chi connectivity index (χ3n) is 3.95. The van der Waals surface area contributed by atoms with Gasteiger partial charge in [0, 0.05) is 26.2 Å². The summed E-state index contributed by atoms with van der Waals surface area (Å²) in [4.78, 5) is 4.15. The predicted molar refractivity (Wildman–Crippen MR) is 77.3 cm³/mol. The molecule has 1 saturated heterocycles. The minimum atomic E-state index is -0.374. The van der Waals surface area contributed by atoms with Gasteiger partial charge in [0.15, 0.2) is 12.1 Å². The maximum Gasteiger partial charge on any atom is 0.156 e. The second-order valence-electron chi connectivity index (χ2n) is 5.17. The molecule has 0 amide bonds. The Morgan fingerprint density at radius 3 is 1.50 bits per heavy atom. The van der Waals surface area contributed by atoms with Gasteiger partial charge in [0.25, 0.3) is 0 Å². The summed E-state index contributed by atoms with van der Waals surface area (Å²) < 4.78 is 10.7. The predicted octanol–water partition coefficient (Wildman–Crippen LogP) is 2.32. The fourth-order valence-corrected chi connectivity index (χ4v) is 2.80. The van der Waals surface area contributed by atoms with E-state index < -0.39 is 0 Å². The quantitative estimate of drug-likeness (QED) is 0.861. The van der Waals surface area contributed by atoms with Crippen molar-refractivity contribution in [3.63, 3.8) is 0 Å². The first-order chi connectivity index (χ1) is 10.8. The van der Waals surface area contributed by atoms with Crippen LogP contribution in [0, 0.1) is 22.7 Å². The zero-order chi connectivity index (χ0) is 15.4. The SMILES string of the molecule is N#C[C@H](c1ccco1)N1CCN([C@@H](C#N)c2ccco2)CC1. The molecule has 0 aliphatic carbocycles. The van der Waals surface area contributed by atoms with Gasteiger partial charge in [-0.15, -0.1) is 0 Å². The molecule has 1 aliphatic heterocycles. The molecule has 0 radical (unpaired) electrons. The van der Waals surface area contributed by atoms with E-state index in [0.29, 0.717) is 37.7 Å². The molecular formula is C16H16N4O2. The molecule has 2 aromatic rings. The number of nitriles is 2. The van der Waals surface area contributed by atoms with Crippen LogP contribution in [0.2, 0.25) is 0 Å². The van der Waals surface area contributed by atoms with Crippen molar-refractivity contribution in [2.24, 2.45) is 0 Å². The Morgan fingerprint density at radius 1 is 0.818 bits per heavy atom. The molecule has 2 aromatic heterocycles. The zero-order valence-corrected chi connectivity index (χ0v) is 12.1. The van der Waals surface area contributed by atoms with Gasteiger partial charge in [-0.25, -0.2) is 0 Å². The fourth-order valence-electron chi connectivity index (χ4n) is 2.80. The van der Waals surface area contributed by atoms with Crippen molar-refractivity contribution in [3.8, 4) is 12.1 Å². The highest BCUT2D eigenvalue weighted by atomic mass is 16.3. The van der Waals surface area contributed by atoms with Crippen LogP contribution in [0.1, 0.15) is 23.6 Å². The Labute approximate surface area is 128 Å². The van der Waals surface area contributed by atoms with Crippen LogP contribution in [0.25, 0.3) is 0 Å². The van der Waals surface area contributed by atoms with Gasteiger partial charge >= 0.3 is 0 Å². The molecule has 6 nitrogen and oxygen atoms in total. The summed E-state index contributed by atoms with van der Waals surface area (Å²) in [5, 5.41) is 18.8. The van der Waals surface area contributed by atoms with Gasteiger partial charge in [-0.3, -0.25) is 9.80 Å². The summed E-state index contributed by atoms with van der Waals surface area (Å²) in [6.45, 7) is 2.82. The van der Waals surface area contributed by atoms with Gasteiger partial charge in [-0.05, 0) is 24.3 Å². The van der Waals surface area contributed by atoms with Crippen molar-refractivity contribution >= 4 is 0 Å². The first-order valence-electron chi connectivity index (χ1n) is 7.17. The first kappa shape index (κ1) is 14.4. The molecule has 3 heterocycles. The Kier molecular flexibility index (Phi) is 4.24. The Morgan fingerprint density at radius 2 is 1.23 bits per heavy atom. The minimum absolute atomic E-state index is 0.374. The molecule has 22 heavy (non-hydrogen) atoms. The van der Waals surface area contributed by atoms with Crippen LogP contribution in [0.15, 0.2) is 45.6 Å². The second-order valence-corrected chi connectivity index (χ2v) is 5.17. The van der Waals surface area contributed by atoms with E-state index in [1.54, 1.807) is 24.7 Å². The fraction of sp³-hybridized carbons (Fsp3) is 0.375.